The van der Waals surface area contributed by atoms with Crippen LogP contribution in [0, 0.1) is 10.1 Å². The van der Waals surface area contributed by atoms with Crippen LogP contribution in [0.4, 0.5) is 5.69 Å². The van der Waals surface area contributed by atoms with E-state index in [4.69, 9.17) is 23.2 Å². The van der Waals surface area contributed by atoms with Gasteiger partial charge < -0.3 is 10.2 Å². The molecule has 0 spiro atoms. The molecular formula is C22H25Cl2N3O4. The van der Waals surface area contributed by atoms with E-state index >= 15 is 0 Å². The zero-order valence-electron chi connectivity index (χ0n) is 17.4. The lowest BCUT2D eigenvalue weighted by Crippen LogP contribution is -2.49. The predicted molar refractivity (Wildman–Crippen MR) is 121 cm³/mol. The van der Waals surface area contributed by atoms with E-state index in [1.807, 2.05) is 13.8 Å². The first-order valence-electron chi connectivity index (χ1n) is 10.0. The largest absolute Gasteiger partial charge is 0.354 e. The maximum atomic E-state index is 13.3. The van der Waals surface area contributed by atoms with E-state index in [1.165, 1.54) is 11.0 Å². The maximum absolute atomic E-state index is 13.3. The molecule has 0 aliphatic rings. The second-order valence-electron chi connectivity index (χ2n) is 7.05. The number of nitrogens with zero attached hydrogens (tertiary/aromatic N) is 2. The Balaban J connectivity index is 2.37. The summed E-state index contributed by atoms with van der Waals surface area (Å²) in [7, 11) is 0. The van der Waals surface area contributed by atoms with Crippen LogP contribution in [0.5, 0.6) is 0 Å². The number of carbonyl (C=O) groups is 2. The van der Waals surface area contributed by atoms with Crippen molar-refractivity contribution in [3.63, 3.8) is 0 Å². The Hall–Kier alpha value is -2.64. The van der Waals surface area contributed by atoms with Crippen molar-refractivity contribution in [2.75, 3.05) is 6.54 Å². The summed E-state index contributed by atoms with van der Waals surface area (Å²) >= 11 is 12.1. The highest BCUT2D eigenvalue weighted by molar-refractivity contribution is 6.42. The van der Waals surface area contributed by atoms with E-state index in [9.17, 15) is 19.7 Å². The van der Waals surface area contributed by atoms with Crippen molar-refractivity contribution in [3.8, 4) is 0 Å². The number of rotatable bonds is 10. The first kappa shape index (κ1) is 24.6. The lowest BCUT2D eigenvalue weighted by Gasteiger charge is -2.31. The molecule has 166 valence electrons. The van der Waals surface area contributed by atoms with Gasteiger partial charge in [0.05, 0.1) is 21.4 Å². The Kier molecular flexibility index (Phi) is 9.27. The van der Waals surface area contributed by atoms with Gasteiger partial charge in [0.25, 0.3) is 5.69 Å². The molecular weight excluding hydrogens is 441 g/mol. The molecule has 1 N–H and O–H groups in total. The van der Waals surface area contributed by atoms with Crippen LogP contribution in [-0.4, -0.2) is 34.2 Å². The molecule has 0 bridgehead atoms. The number of nitro benzene ring substituents is 1. The van der Waals surface area contributed by atoms with E-state index in [2.05, 4.69) is 5.32 Å². The molecule has 2 rings (SSSR count). The second-order valence-corrected chi connectivity index (χ2v) is 7.86. The highest BCUT2D eigenvalue weighted by Gasteiger charge is 2.29. The molecule has 0 saturated carbocycles. The first-order chi connectivity index (χ1) is 14.8. The molecule has 1 atom stereocenters. The first-order valence-corrected chi connectivity index (χ1v) is 10.8. The van der Waals surface area contributed by atoms with E-state index in [1.54, 1.807) is 36.4 Å². The number of nitrogens with one attached hydrogen (secondary N) is 1. The van der Waals surface area contributed by atoms with Gasteiger partial charge in [-0.25, -0.2) is 0 Å². The number of nitro groups is 1. The topological polar surface area (TPSA) is 92.6 Å². The molecule has 31 heavy (non-hydrogen) atoms. The van der Waals surface area contributed by atoms with Crippen molar-refractivity contribution in [2.45, 2.75) is 45.7 Å². The fraction of sp³-hybridized carbons (Fsp3) is 0.364. The number of amides is 2. The van der Waals surface area contributed by atoms with Crippen molar-refractivity contribution in [1.29, 1.82) is 0 Å². The van der Waals surface area contributed by atoms with Gasteiger partial charge >= 0.3 is 0 Å². The highest BCUT2D eigenvalue weighted by Crippen LogP contribution is 2.25. The van der Waals surface area contributed by atoms with Gasteiger partial charge in [-0.1, -0.05) is 61.3 Å². The van der Waals surface area contributed by atoms with Crippen molar-refractivity contribution in [1.82, 2.24) is 10.2 Å². The minimum Gasteiger partial charge on any atom is -0.354 e. The minimum atomic E-state index is -0.726. The third-order valence-electron chi connectivity index (χ3n) is 4.80. The van der Waals surface area contributed by atoms with Crippen LogP contribution < -0.4 is 5.32 Å². The van der Waals surface area contributed by atoms with Crippen molar-refractivity contribution < 1.29 is 14.5 Å². The van der Waals surface area contributed by atoms with Crippen LogP contribution in [0.3, 0.4) is 0 Å². The Morgan fingerprint density at radius 2 is 1.84 bits per heavy atom. The number of benzene rings is 2. The highest BCUT2D eigenvalue weighted by atomic mass is 35.5. The molecule has 0 radical (unpaired) electrons. The SMILES string of the molecule is CCCNC(=O)[C@H](CC)N(Cc1ccc(Cl)c(Cl)c1)C(=O)Cc1ccccc1[N+](=O)[O-]. The average Bonchev–Trinajstić information content (AvgIpc) is 2.74. The zero-order valence-corrected chi connectivity index (χ0v) is 18.9. The van der Waals surface area contributed by atoms with Gasteiger partial charge in [-0.05, 0) is 30.5 Å². The van der Waals surface area contributed by atoms with Gasteiger partial charge in [0, 0.05) is 24.7 Å². The van der Waals surface area contributed by atoms with Gasteiger partial charge in [0.2, 0.25) is 11.8 Å². The molecule has 7 nitrogen and oxygen atoms in total. The predicted octanol–water partition coefficient (Wildman–Crippen LogP) is 4.78. The van der Waals surface area contributed by atoms with Crippen molar-refractivity contribution >= 4 is 40.7 Å². The summed E-state index contributed by atoms with van der Waals surface area (Å²) in [5, 5.41) is 14.9. The summed E-state index contributed by atoms with van der Waals surface area (Å²) in [5.74, 6) is -0.654. The van der Waals surface area contributed by atoms with Crippen LogP contribution in [-0.2, 0) is 22.6 Å². The second kappa shape index (κ2) is 11.7. The third kappa shape index (κ3) is 6.67. The third-order valence-corrected chi connectivity index (χ3v) is 5.54. The Bertz CT molecular complexity index is 952. The zero-order chi connectivity index (χ0) is 23.0. The molecule has 0 fully saturated rings. The number of halogens is 2. The average molecular weight is 466 g/mol. The van der Waals surface area contributed by atoms with E-state index in [0.717, 1.165) is 6.42 Å². The fourth-order valence-corrected chi connectivity index (χ4v) is 3.54. The fourth-order valence-electron chi connectivity index (χ4n) is 3.22. The molecule has 9 heteroatoms. The van der Waals surface area contributed by atoms with Crippen LogP contribution in [0.2, 0.25) is 10.0 Å². The number of para-hydroxylation sites is 1. The van der Waals surface area contributed by atoms with Crippen molar-refractivity contribution in [3.05, 3.63) is 73.8 Å². The molecule has 0 aliphatic carbocycles. The van der Waals surface area contributed by atoms with Crippen molar-refractivity contribution in [2.24, 2.45) is 0 Å². The summed E-state index contributed by atoms with van der Waals surface area (Å²) in [6.45, 7) is 4.37. The molecule has 0 heterocycles. The van der Waals surface area contributed by atoms with Gasteiger partial charge in [0.15, 0.2) is 0 Å². The monoisotopic (exact) mass is 465 g/mol. The summed E-state index contributed by atoms with van der Waals surface area (Å²) in [6, 6.07) is 10.4. The molecule has 0 unspecified atom stereocenters. The van der Waals surface area contributed by atoms with Gasteiger partial charge in [0.1, 0.15) is 6.04 Å². The number of hydrogen-bond acceptors (Lipinski definition) is 4. The number of hydrogen-bond donors (Lipinski definition) is 1. The summed E-state index contributed by atoms with van der Waals surface area (Å²) in [5.41, 5.74) is 0.862. The Morgan fingerprint density at radius 3 is 2.45 bits per heavy atom. The summed E-state index contributed by atoms with van der Waals surface area (Å²) < 4.78 is 0. The Labute approximate surface area is 191 Å². The molecule has 2 amide bonds. The van der Waals surface area contributed by atoms with Gasteiger partial charge in [-0.15, -0.1) is 0 Å². The quantitative estimate of drug-likeness (QED) is 0.403. The van der Waals surface area contributed by atoms with Crippen LogP contribution >= 0.6 is 23.2 Å². The number of carbonyl (C=O) groups excluding carboxylic acids is 2. The lowest BCUT2D eigenvalue weighted by atomic mass is 10.1. The van der Waals surface area contributed by atoms with E-state index in [-0.39, 0.29) is 30.5 Å². The lowest BCUT2D eigenvalue weighted by molar-refractivity contribution is -0.385. The van der Waals surface area contributed by atoms with Crippen LogP contribution in [0.1, 0.15) is 37.8 Å². The van der Waals surface area contributed by atoms with Crippen LogP contribution in [0.15, 0.2) is 42.5 Å². The van der Waals surface area contributed by atoms with Gasteiger partial charge in [-0.2, -0.15) is 0 Å². The molecule has 0 aliphatic heterocycles. The molecule has 0 saturated heterocycles. The molecule has 2 aromatic carbocycles. The molecule has 2 aromatic rings. The van der Waals surface area contributed by atoms with E-state index < -0.39 is 11.0 Å². The molecule has 0 aromatic heterocycles. The maximum Gasteiger partial charge on any atom is 0.273 e. The summed E-state index contributed by atoms with van der Waals surface area (Å²) in [6.07, 6.45) is 0.953. The summed E-state index contributed by atoms with van der Waals surface area (Å²) in [4.78, 5) is 38.3. The Morgan fingerprint density at radius 1 is 1.13 bits per heavy atom. The minimum absolute atomic E-state index is 0.119. The normalized spacial score (nSPS) is 11.6. The van der Waals surface area contributed by atoms with Gasteiger partial charge in [-0.3, -0.25) is 19.7 Å². The standard InChI is InChI=1S/C22H25Cl2N3O4/c1-3-11-25-22(29)19(4-2)26(14-15-9-10-17(23)18(24)12-15)21(28)13-16-7-5-6-8-20(16)27(30)31/h5-10,12,19H,3-4,11,13-14H2,1-2H3,(H,25,29)/t19-/m0/s1. The smallest absolute Gasteiger partial charge is 0.273 e. The van der Waals surface area contributed by atoms with Crippen LogP contribution in [0.25, 0.3) is 0 Å². The van der Waals surface area contributed by atoms with E-state index in [0.29, 0.717) is 34.1 Å².